The Labute approximate surface area is 117 Å². The lowest BCUT2D eigenvalue weighted by atomic mass is 9.96. The lowest BCUT2D eigenvalue weighted by molar-refractivity contribution is -0.142. The van der Waals surface area contributed by atoms with Gasteiger partial charge in [-0.3, -0.25) is 4.79 Å². The second kappa shape index (κ2) is 6.99. The van der Waals surface area contributed by atoms with Crippen LogP contribution in [0.3, 0.4) is 0 Å². The highest BCUT2D eigenvalue weighted by atomic mass is 35.5. The number of anilines is 1. The number of hydrogen-bond donors (Lipinski definition) is 3. The first-order chi connectivity index (χ1) is 8.91. The van der Waals surface area contributed by atoms with E-state index in [1.165, 1.54) is 0 Å². The van der Waals surface area contributed by atoms with Gasteiger partial charge in [0, 0.05) is 6.54 Å². The molecule has 104 valence electrons. The van der Waals surface area contributed by atoms with Gasteiger partial charge in [0.05, 0.1) is 16.6 Å². The third kappa shape index (κ3) is 4.79. The maximum atomic E-state index is 11.6. The van der Waals surface area contributed by atoms with Crippen LogP contribution in [0.2, 0.25) is 5.02 Å². The Morgan fingerprint density at radius 3 is 2.47 bits per heavy atom. The molecule has 0 aliphatic carbocycles. The van der Waals surface area contributed by atoms with Crippen LogP contribution in [-0.2, 0) is 4.79 Å². The number of benzene rings is 1. The summed E-state index contributed by atoms with van der Waals surface area (Å²) in [5.41, 5.74) is 0.484. The number of amides is 2. The van der Waals surface area contributed by atoms with Gasteiger partial charge in [0.1, 0.15) is 0 Å². The minimum atomic E-state index is -0.923. The molecule has 0 saturated carbocycles. The summed E-state index contributed by atoms with van der Waals surface area (Å²) in [5.74, 6) is -1.59. The molecule has 1 rings (SSSR count). The van der Waals surface area contributed by atoms with E-state index in [-0.39, 0.29) is 12.5 Å². The zero-order valence-corrected chi connectivity index (χ0v) is 11.6. The predicted molar refractivity (Wildman–Crippen MR) is 74.4 cm³/mol. The zero-order chi connectivity index (χ0) is 14.4. The lowest BCUT2D eigenvalue weighted by Crippen LogP contribution is -2.37. The smallest absolute Gasteiger partial charge is 0.319 e. The Balaban J connectivity index is 2.52. The third-order valence-electron chi connectivity index (χ3n) is 2.73. The number of urea groups is 1. The van der Waals surface area contributed by atoms with Crippen LogP contribution in [0.15, 0.2) is 24.3 Å². The largest absolute Gasteiger partial charge is 0.481 e. The highest BCUT2D eigenvalue weighted by molar-refractivity contribution is 6.33. The quantitative estimate of drug-likeness (QED) is 0.778. The van der Waals surface area contributed by atoms with Gasteiger partial charge < -0.3 is 15.7 Å². The van der Waals surface area contributed by atoms with Crippen LogP contribution in [0, 0.1) is 11.8 Å². The summed E-state index contributed by atoms with van der Waals surface area (Å²) in [4.78, 5) is 22.6. The van der Waals surface area contributed by atoms with Crippen LogP contribution >= 0.6 is 11.6 Å². The van der Waals surface area contributed by atoms with Crippen molar-refractivity contribution in [2.45, 2.75) is 13.8 Å². The molecule has 19 heavy (non-hydrogen) atoms. The zero-order valence-electron chi connectivity index (χ0n) is 10.8. The standard InChI is InChI=1S/C13H17ClN2O3/c1-8(2)9(12(17)18)7-15-13(19)16-11-6-4-3-5-10(11)14/h3-6,8-9H,7H2,1-2H3,(H,17,18)(H2,15,16,19). The van der Waals surface area contributed by atoms with Gasteiger partial charge in [0.2, 0.25) is 0 Å². The first-order valence-corrected chi connectivity index (χ1v) is 6.31. The molecular weight excluding hydrogens is 268 g/mol. The van der Waals surface area contributed by atoms with E-state index in [4.69, 9.17) is 16.7 Å². The fourth-order valence-electron chi connectivity index (χ4n) is 1.54. The number of carboxylic acid groups (broad SMARTS) is 1. The van der Waals surface area contributed by atoms with Crippen molar-refractivity contribution in [3.8, 4) is 0 Å². The van der Waals surface area contributed by atoms with Crippen LogP contribution in [0.5, 0.6) is 0 Å². The van der Waals surface area contributed by atoms with Crippen LogP contribution < -0.4 is 10.6 Å². The highest BCUT2D eigenvalue weighted by Crippen LogP contribution is 2.20. The van der Waals surface area contributed by atoms with Gasteiger partial charge in [0.15, 0.2) is 0 Å². The number of hydrogen-bond acceptors (Lipinski definition) is 2. The first kappa shape index (κ1) is 15.3. The molecule has 1 aromatic rings. The molecule has 0 aliphatic heterocycles. The summed E-state index contributed by atoms with van der Waals surface area (Å²) in [6.07, 6.45) is 0. The third-order valence-corrected chi connectivity index (χ3v) is 3.06. The molecule has 2 amide bonds. The van der Waals surface area contributed by atoms with Crippen LogP contribution in [0.4, 0.5) is 10.5 Å². The molecule has 0 radical (unpaired) electrons. The Morgan fingerprint density at radius 2 is 1.95 bits per heavy atom. The van der Waals surface area contributed by atoms with Gasteiger partial charge >= 0.3 is 12.0 Å². The second-order valence-corrected chi connectivity index (χ2v) is 4.91. The molecule has 1 unspecified atom stereocenters. The van der Waals surface area contributed by atoms with Crippen molar-refractivity contribution in [1.82, 2.24) is 5.32 Å². The number of halogens is 1. The van der Waals surface area contributed by atoms with Crippen molar-refractivity contribution in [3.63, 3.8) is 0 Å². The number of carbonyl (C=O) groups is 2. The van der Waals surface area contributed by atoms with E-state index in [1.807, 2.05) is 0 Å². The molecule has 0 aromatic heterocycles. The van der Waals surface area contributed by atoms with Gasteiger partial charge in [-0.25, -0.2) is 4.79 Å². The minimum Gasteiger partial charge on any atom is -0.481 e. The van der Waals surface area contributed by atoms with E-state index in [2.05, 4.69) is 10.6 Å². The second-order valence-electron chi connectivity index (χ2n) is 4.50. The molecule has 0 fully saturated rings. The van der Waals surface area contributed by atoms with Gasteiger partial charge in [-0.15, -0.1) is 0 Å². The van der Waals surface area contributed by atoms with Crippen LogP contribution in [-0.4, -0.2) is 23.7 Å². The summed E-state index contributed by atoms with van der Waals surface area (Å²) in [5, 5.41) is 14.5. The molecule has 3 N–H and O–H groups in total. The Bertz CT molecular complexity index is 463. The molecular formula is C13H17ClN2O3. The number of carbonyl (C=O) groups excluding carboxylic acids is 1. The Morgan fingerprint density at radius 1 is 1.32 bits per heavy atom. The monoisotopic (exact) mass is 284 g/mol. The van der Waals surface area contributed by atoms with Crippen LogP contribution in [0.1, 0.15) is 13.8 Å². The van der Waals surface area contributed by atoms with E-state index in [0.29, 0.717) is 10.7 Å². The number of carboxylic acids is 1. The maximum Gasteiger partial charge on any atom is 0.319 e. The summed E-state index contributed by atoms with van der Waals surface area (Å²) in [6, 6.07) is 6.35. The first-order valence-electron chi connectivity index (χ1n) is 5.94. The van der Waals surface area contributed by atoms with Crippen molar-refractivity contribution in [2.24, 2.45) is 11.8 Å². The molecule has 1 atom stereocenters. The average Bonchev–Trinajstić information content (AvgIpc) is 2.31. The number of para-hydroxylation sites is 1. The summed E-state index contributed by atoms with van der Waals surface area (Å²) in [7, 11) is 0. The summed E-state index contributed by atoms with van der Waals surface area (Å²) >= 11 is 5.90. The average molecular weight is 285 g/mol. The number of nitrogens with one attached hydrogen (secondary N) is 2. The minimum absolute atomic E-state index is 0.0573. The maximum absolute atomic E-state index is 11.6. The van der Waals surface area contributed by atoms with E-state index in [0.717, 1.165) is 0 Å². The summed E-state index contributed by atoms with van der Waals surface area (Å²) < 4.78 is 0. The molecule has 0 spiro atoms. The van der Waals surface area contributed by atoms with Gasteiger partial charge in [-0.1, -0.05) is 37.6 Å². The van der Waals surface area contributed by atoms with Crippen molar-refractivity contribution in [2.75, 3.05) is 11.9 Å². The predicted octanol–water partition coefficient (Wildman–Crippen LogP) is 2.82. The molecule has 6 heteroatoms. The molecule has 0 saturated heterocycles. The fourth-order valence-corrected chi connectivity index (χ4v) is 1.72. The van der Waals surface area contributed by atoms with E-state index >= 15 is 0 Å². The number of aliphatic carboxylic acids is 1. The fraction of sp³-hybridized carbons (Fsp3) is 0.385. The molecule has 0 bridgehead atoms. The molecule has 0 heterocycles. The van der Waals surface area contributed by atoms with E-state index in [1.54, 1.807) is 38.1 Å². The normalized spacial score (nSPS) is 12.0. The van der Waals surface area contributed by atoms with E-state index < -0.39 is 17.9 Å². The Hall–Kier alpha value is -1.75. The van der Waals surface area contributed by atoms with Crippen LogP contribution in [0.25, 0.3) is 0 Å². The van der Waals surface area contributed by atoms with Gasteiger partial charge in [-0.2, -0.15) is 0 Å². The molecule has 5 nitrogen and oxygen atoms in total. The van der Waals surface area contributed by atoms with Crippen molar-refractivity contribution >= 4 is 29.3 Å². The van der Waals surface area contributed by atoms with Crippen molar-refractivity contribution < 1.29 is 14.7 Å². The lowest BCUT2D eigenvalue weighted by Gasteiger charge is -2.17. The van der Waals surface area contributed by atoms with E-state index in [9.17, 15) is 9.59 Å². The highest BCUT2D eigenvalue weighted by Gasteiger charge is 2.21. The number of rotatable bonds is 5. The Kier molecular flexibility index (Phi) is 5.63. The van der Waals surface area contributed by atoms with Gasteiger partial charge in [0.25, 0.3) is 0 Å². The molecule has 1 aromatic carbocycles. The van der Waals surface area contributed by atoms with Gasteiger partial charge in [-0.05, 0) is 18.1 Å². The summed E-state index contributed by atoms with van der Waals surface area (Å²) in [6.45, 7) is 3.67. The van der Waals surface area contributed by atoms with Crippen molar-refractivity contribution in [3.05, 3.63) is 29.3 Å². The topological polar surface area (TPSA) is 78.4 Å². The SMILES string of the molecule is CC(C)C(CNC(=O)Nc1ccccc1Cl)C(=O)O. The molecule has 0 aliphatic rings. The van der Waals surface area contributed by atoms with Crippen molar-refractivity contribution in [1.29, 1.82) is 0 Å².